The summed E-state index contributed by atoms with van der Waals surface area (Å²) < 4.78 is 11.2. The monoisotopic (exact) mass is 453 g/mol. The number of ketones is 1. The second-order valence-corrected chi connectivity index (χ2v) is 9.14. The third kappa shape index (κ3) is 4.63. The zero-order chi connectivity index (χ0) is 22.8. The lowest BCUT2D eigenvalue weighted by Gasteiger charge is -2.29. The highest BCUT2D eigenvalue weighted by molar-refractivity contribution is 6.42. The van der Waals surface area contributed by atoms with Crippen LogP contribution in [0.15, 0.2) is 24.4 Å². The molecule has 1 amide bonds. The first-order valence-corrected chi connectivity index (χ1v) is 11.9. The van der Waals surface area contributed by atoms with Crippen LogP contribution < -0.4 is 14.8 Å². The Bertz CT molecular complexity index is 1030. The number of carbonyl (C=O) groups is 2. The Kier molecular flexibility index (Phi) is 6.37. The van der Waals surface area contributed by atoms with Crippen molar-refractivity contribution in [3.63, 3.8) is 0 Å². The van der Waals surface area contributed by atoms with Crippen LogP contribution in [-0.2, 0) is 17.6 Å². The van der Waals surface area contributed by atoms with Gasteiger partial charge in [-0.05, 0) is 80.4 Å². The first-order chi connectivity index (χ1) is 16.1. The van der Waals surface area contributed by atoms with Crippen molar-refractivity contribution in [3.05, 3.63) is 46.8 Å². The third-order valence-corrected chi connectivity index (χ3v) is 6.90. The standard InChI is InChI=1S/C25H31N3O5/c29-23(16-7-8-20-21(13-16)33-12-11-32-20)19(15-28-9-3-4-10-28)27-25(31)24(30)22-18-6-2-1-5-17(18)14-26-22/h7-8,13-14,19,23,26,29H,1-6,9-12,15H2,(H,27,31)/t19-,23-/m1/s1. The van der Waals surface area contributed by atoms with Gasteiger partial charge in [-0.25, -0.2) is 0 Å². The van der Waals surface area contributed by atoms with Crippen LogP contribution in [0.3, 0.4) is 0 Å². The first-order valence-electron chi connectivity index (χ1n) is 11.9. The molecule has 3 N–H and O–H groups in total. The molecular formula is C25H31N3O5. The molecule has 1 aromatic heterocycles. The molecule has 176 valence electrons. The highest BCUT2D eigenvalue weighted by atomic mass is 16.6. The van der Waals surface area contributed by atoms with Crippen LogP contribution in [0, 0.1) is 0 Å². The molecule has 8 nitrogen and oxygen atoms in total. The van der Waals surface area contributed by atoms with Crippen molar-refractivity contribution >= 4 is 11.7 Å². The molecule has 1 aliphatic carbocycles. The molecule has 3 aliphatic rings. The minimum Gasteiger partial charge on any atom is -0.486 e. The lowest BCUT2D eigenvalue weighted by Crippen LogP contribution is -2.48. The number of aliphatic hydroxyl groups excluding tert-OH is 1. The summed E-state index contributed by atoms with van der Waals surface area (Å²) in [5, 5.41) is 14.1. The number of ether oxygens (including phenoxy) is 2. The molecule has 0 spiro atoms. The van der Waals surface area contributed by atoms with Gasteiger partial charge in [0.1, 0.15) is 19.3 Å². The topological polar surface area (TPSA) is 104 Å². The van der Waals surface area contributed by atoms with Gasteiger partial charge in [-0.2, -0.15) is 0 Å². The summed E-state index contributed by atoms with van der Waals surface area (Å²) in [6, 6.07) is 4.68. The van der Waals surface area contributed by atoms with E-state index in [0.29, 0.717) is 42.5 Å². The number of Topliss-reactive ketones (excluding diaryl/α,β-unsaturated/α-hetero) is 1. The number of nitrogens with zero attached hydrogens (tertiary/aromatic N) is 1. The molecule has 8 heteroatoms. The van der Waals surface area contributed by atoms with E-state index in [4.69, 9.17) is 9.47 Å². The van der Waals surface area contributed by atoms with Gasteiger partial charge >= 0.3 is 0 Å². The minimum atomic E-state index is -0.990. The van der Waals surface area contributed by atoms with Crippen molar-refractivity contribution in [3.8, 4) is 11.5 Å². The molecule has 0 saturated carbocycles. The highest BCUT2D eigenvalue weighted by Crippen LogP contribution is 2.33. The number of rotatable bonds is 7. The van der Waals surface area contributed by atoms with Gasteiger partial charge in [0.05, 0.1) is 11.7 Å². The number of carbonyl (C=O) groups excluding carboxylic acids is 2. The third-order valence-electron chi connectivity index (χ3n) is 6.90. The molecular weight excluding hydrogens is 422 g/mol. The minimum absolute atomic E-state index is 0.385. The van der Waals surface area contributed by atoms with E-state index >= 15 is 0 Å². The fourth-order valence-corrected chi connectivity index (χ4v) is 5.11. The predicted molar refractivity (Wildman–Crippen MR) is 122 cm³/mol. The number of aliphatic hydroxyl groups is 1. The van der Waals surface area contributed by atoms with Crippen LogP contribution in [0.4, 0.5) is 0 Å². The number of aryl methyl sites for hydroxylation is 1. The molecule has 3 heterocycles. The van der Waals surface area contributed by atoms with E-state index < -0.39 is 23.8 Å². The van der Waals surface area contributed by atoms with Gasteiger partial charge in [0.15, 0.2) is 11.5 Å². The summed E-state index contributed by atoms with van der Waals surface area (Å²) in [5.41, 5.74) is 3.09. The molecule has 5 rings (SSSR count). The average molecular weight is 454 g/mol. The van der Waals surface area contributed by atoms with Crippen LogP contribution in [-0.4, -0.2) is 65.6 Å². The number of aromatic nitrogens is 1. The number of amides is 1. The summed E-state index contributed by atoms with van der Waals surface area (Å²) in [6.07, 6.45) is 6.91. The lowest BCUT2D eigenvalue weighted by molar-refractivity contribution is -0.118. The number of hydrogen-bond donors (Lipinski definition) is 3. The van der Waals surface area contributed by atoms with Gasteiger partial charge in [-0.3, -0.25) is 9.59 Å². The summed E-state index contributed by atoms with van der Waals surface area (Å²) in [7, 11) is 0. The largest absolute Gasteiger partial charge is 0.486 e. The van der Waals surface area contributed by atoms with E-state index in [9.17, 15) is 14.7 Å². The molecule has 2 aromatic rings. The fourth-order valence-electron chi connectivity index (χ4n) is 5.11. The maximum Gasteiger partial charge on any atom is 0.294 e. The molecule has 33 heavy (non-hydrogen) atoms. The molecule has 0 unspecified atom stereocenters. The van der Waals surface area contributed by atoms with Crippen molar-refractivity contribution in [2.75, 3.05) is 32.8 Å². The zero-order valence-corrected chi connectivity index (χ0v) is 18.8. The number of fused-ring (bicyclic) bond motifs is 2. The zero-order valence-electron chi connectivity index (χ0n) is 18.8. The molecule has 2 aliphatic heterocycles. The normalized spacial score (nSPS) is 19.5. The van der Waals surface area contributed by atoms with Crippen molar-refractivity contribution in [1.82, 2.24) is 15.2 Å². The number of likely N-dealkylation sites (tertiary alicyclic amines) is 1. The van der Waals surface area contributed by atoms with Crippen molar-refractivity contribution in [1.29, 1.82) is 0 Å². The summed E-state index contributed by atoms with van der Waals surface area (Å²) in [5.74, 6) is -0.0351. The number of benzene rings is 1. The quantitative estimate of drug-likeness (QED) is 0.439. The van der Waals surface area contributed by atoms with Crippen molar-refractivity contribution < 1.29 is 24.2 Å². The van der Waals surface area contributed by atoms with Crippen LogP contribution in [0.25, 0.3) is 0 Å². The Balaban J connectivity index is 1.35. The van der Waals surface area contributed by atoms with E-state index in [1.54, 1.807) is 18.2 Å². The lowest BCUT2D eigenvalue weighted by atomic mass is 9.92. The first kappa shape index (κ1) is 22.0. The number of H-pyrrole nitrogens is 1. The van der Waals surface area contributed by atoms with E-state index in [-0.39, 0.29) is 0 Å². The second kappa shape index (κ2) is 9.57. The van der Waals surface area contributed by atoms with Gasteiger partial charge in [0, 0.05) is 12.7 Å². The number of nitrogens with one attached hydrogen (secondary N) is 2. The van der Waals surface area contributed by atoms with Gasteiger partial charge in [-0.1, -0.05) is 6.07 Å². The van der Waals surface area contributed by atoms with Crippen LogP contribution in [0.2, 0.25) is 0 Å². The summed E-state index contributed by atoms with van der Waals surface area (Å²) in [4.78, 5) is 31.3. The molecule has 0 bridgehead atoms. The van der Waals surface area contributed by atoms with E-state index in [0.717, 1.165) is 62.7 Å². The van der Waals surface area contributed by atoms with E-state index in [2.05, 4.69) is 15.2 Å². The maximum absolute atomic E-state index is 13.0. The van der Waals surface area contributed by atoms with Crippen molar-refractivity contribution in [2.45, 2.75) is 50.7 Å². The van der Waals surface area contributed by atoms with Crippen LogP contribution in [0.1, 0.15) is 59.0 Å². The number of aromatic amines is 1. The Labute approximate surface area is 193 Å². The van der Waals surface area contributed by atoms with Gasteiger partial charge in [-0.15, -0.1) is 0 Å². The van der Waals surface area contributed by atoms with Crippen molar-refractivity contribution in [2.24, 2.45) is 0 Å². The average Bonchev–Trinajstić information content (AvgIpc) is 3.52. The molecule has 1 saturated heterocycles. The highest BCUT2D eigenvalue weighted by Gasteiger charge is 2.31. The smallest absolute Gasteiger partial charge is 0.294 e. The van der Waals surface area contributed by atoms with Gasteiger partial charge < -0.3 is 29.8 Å². The number of hydrogen-bond acceptors (Lipinski definition) is 6. The fraction of sp³-hybridized carbons (Fsp3) is 0.520. The molecule has 2 atom stereocenters. The molecule has 1 fully saturated rings. The maximum atomic E-state index is 13.0. The molecule has 1 aromatic carbocycles. The van der Waals surface area contributed by atoms with E-state index in [1.165, 1.54) is 0 Å². The van der Waals surface area contributed by atoms with E-state index in [1.807, 2.05) is 6.20 Å². The summed E-state index contributed by atoms with van der Waals surface area (Å²) >= 11 is 0. The Hall–Kier alpha value is -2.84. The summed E-state index contributed by atoms with van der Waals surface area (Å²) in [6.45, 7) is 3.25. The van der Waals surface area contributed by atoms with Crippen LogP contribution >= 0.6 is 0 Å². The Morgan fingerprint density at radius 3 is 2.64 bits per heavy atom. The Morgan fingerprint density at radius 2 is 1.82 bits per heavy atom. The van der Waals surface area contributed by atoms with Gasteiger partial charge in [0.25, 0.3) is 11.7 Å². The predicted octanol–water partition coefficient (Wildman–Crippen LogP) is 2.16. The Morgan fingerprint density at radius 1 is 1.06 bits per heavy atom. The second-order valence-electron chi connectivity index (χ2n) is 9.14. The SMILES string of the molecule is O=C(N[C@H](CN1CCCC1)[C@H](O)c1ccc2c(c1)OCCO2)C(=O)c1[nH]cc2c1CCCC2. The van der Waals surface area contributed by atoms with Crippen LogP contribution in [0.5, 0.6) is 11.5 Å². The molecule has 0 radical (unpaired) electrons. The van der Waals surface area contributed by atoms with Gasteiger partial charge in [0.2, 0.25) is 0 Å².